The highest BCUT2D eigenvalue weighted by atomic mass is 32.1. The largest absolute Gasteiger partial charge is 0.454 e. The predicted molar refractivity (Wildman–Crippen MR) is 95.5 cm³/mol. The summed E-state index contributed by atoms with van der Waals surface area (Å²) in [7, 11) is 0. The fraction of sp³-hybridized carbons (Fsp3) is 0.421. The minimum Gasteiger partial charge on any atom is -0.454 e. The first-order valence-electron chi connectivity index (χ1n) is 8.62. The molecule has 1 aromatic carbocycles. The number of carbonyl (C=O) groups excluding carboxylic acids is 1. The van der Waals surface area contributed by atoms with E-state index in [-0.39, 0.29) is 18.7 Å². The van der Waals surface area contributed by atoms with Crippen molar-refractivity contribution in [3.05, 3.63) is 46.2 Å². The molecule has 5 nitrogen and oxygen atoms in total. The Morgan fingerprint density at radius 3 is 2.80 bits per heavy atom. The van der Waals surface area contributed by atoms with Crippen molar-refractivity contribution in [3.8, 4) is 11.5 Å². The van der Waals surface area contributed by atoms with Crippen LogP contribution in [0.5, 0.6) is 11.5 Å². The summed E-state index contributed by atoms with van der Waals surface area (Å²) < 4.78 is 16.2. The molecule has 0 radical (unpaired) electrons. The molecule has 1 amide bonds. The number of ether oxygens (including phenoxy) is 3. The van der Waals surface area contributed by atoms with E-state index in [4.69, 9.17) is 14.2 Å². The van der Waals surface area contributed by atoms with Gasteiger partial charge < -0.3 is 19.1 Å². The van der Waals surface area contributed by atoms with Crippen LogP contribution in [0.15, 0.2) is 35.7 Å². The molecule has 0 bridgehead atoms. The zero-order chi connectivity index (χ0) is 17.1. The van der Waals surface area contributed by atoms with E-state index in [0.717, 1.165) is 25.8 Å². The summed E-state index contributed by atoms with van der Waals surface area (Å²) in [4.78, 5) is 16.5. The summed E-state index contributed by atoms with van der Waals surface area (Å²) in [5, 5.41) is 2.08. The molecule has 0 unspecified atom stereocenters. The van der Waals surface area contributed by atoms with Gasteiger partial charge in [0.25, 0.3) is 5.91 Å². The van der Waals surface area contributed by atoms with Crippen molar-refractivity contribution >= 4 is 17.2 Å². The van der Waals surface area contributed by atoms with Crippen LogP contribution in [0.3, 0.4) is 0 Å². The van der Waals surface area contributed by atoms with Gasteiger partial charge in [0.15, 0.2) is 11.5 Å². The average molecular weight is 359 g/mol. The van der Waals surface area contributed by atoms with E-state index in [9.17, 15) is 4.79 Å². The number of fused-ring (bicyclic) bond motifs is 1. The van der Waals surface area contributed by atoms with Crippen molar-refractivity contribution in [1.82, 2.24) is 4.90 Å². The van der Waals surface area contributed by atoms with Gasteiger partial charge in [0.05, 0.1) is 0 Å². The maximum Gasteiger partial charge on any atom is 0.254 e. The van der Waals surface area contributed by atoms with Gasteiger partial charge >= 0.3 is 0 Å². The molecule has 132 valence electrons. The Kier molecular flexibility index (Phi) is 4.90. The number of hydrogen-bond acceptors (Lipinski definition) is 5. The number of benzene rings is 1. The maximum absolute atomic E-state index is 13.2. The molecule has 0 N–H and O–H groups in total. The van der Waals surface area contributed by atoms with E-state index >= 15 is 0 Å². The smallest absolute Gasteiger partial charge is 0.254 e. The van der Waals surface area contributed by atoms with Gasteiger partial charge in [-0.3, -0.25) is 4.79 Å². The molecule has 25 heavy (non-hydrogen) atoms. The second-order valence-electron chi connectivity index (χ2n) is 6.24. The molecule has 1 fully saturated rings. The third-order valence-corrected chi connectivity index (χ3v) is 5.63. The molecular formula is C19H21NO4S. The van der Waals surface area contributed by atoms with E-state index in [2.05, 4.69) is 17.5 Å². The highest BCUT2D eigenvalue weighted by molar-refractivity contribution is 7.09. The molecule has 0 spiro atoms. The SMILES string of the molecule is O=C(c1ccc2c(c1)OCO2)N(CCc1cccs1)C1CCOCC1. The van der Waals surface area contributed by atoms with Crippen molar-refractivity contribution in [2.24, 2.45) is 0 Å². The van der Waals surface area contributed by atoms with Crippen LogP contribution in [0.1, 0.15) is 28.1 Å². The van der Waals surface area contributed by atoms with Crippen LogP contribution in [0, 0.1) is 0 Å². The quantitative estimate of drug-likeness (QED) is 0.821. The molecule has 2 aromatic rings. The van der Waals surface area contributed by atoms with Gasteiger partial charge in [-0.2, -0.15) is 0 Å². The summed E-state index contributed by atoms with van der Waals surface area (Å²) in [5.74, 6) is 1.41. The highest BCUT2D eigenvalue weighted by Crippen LogP contribution is 2.33. The summed E-state index contributed by atoms with van der Waals surface area (Å²) in [6, 6.07) is 9.84. The van der Waals surface area contributed by atoms with Crippen LogP contribution in [0.2, 0.25) is 0 Å². The van der Waals surface area contributed by atoms with Crippen LogP contribution in [-0.2, 0) is 11.2 Å². The lowest BCUT2D eigenvalue weighted by Crippen LogP contribution is -2.44. The van der Waals surface area contributed by atoms with Crippen molar-refractivity contribution in [3.63, 3.8) is 0 Å². The van der Waals surface area contributed by atoms with Gasteiger partial charge in [-0.05, 0) is 48.9 Å². The summed E-state index contributed by atoms with van der Waals surface area (Å²) >= 11 is 1.74. The molecule has 4 rings (SSSR count). The minimum atomic E-state index is 0.0572. The number of carbonyl (C=O) groups is 1. The Balaban J connectivity index is 1.54. The van der Waals surface area contributed by atoms with Gasteiger partial charge in [-0.15, -0.1) is 11.3 Å². The molecule has 2 aliphatic rings. The van der Waals surface area contributed by atoms with Gasteiger partial charge in [-0.1, -0.05) is 6.07 Å². The Morgan fingerprint density at radius 2 is 2.00 bits per heavy atom. The maximum atomic E-state index is 13.2. The van der Waals surface area contributed by atoms with E-state index in [1.807, 2.05) is 17.0 Å². The first kappa shape index (κ1) is 16.4. The lowest BCUT2D eigenvalue weighted by molar-refractivity contribution is 0.0293. The Labute approximate surface area is 151 Å². The second kappa shape index (κ2) is 7.45. The Hall–Kier alpha value is -2.05. The third-order valence-electron chi connectivity index (χ3n) is 4.69. The van der Waals surface area contributed by atoms with Crippen molar-refractivity contribution < 1.29 is 19.0 Å². The zero-order valence-electron chi connectivity index (χ0n) is 14.0. The molecule has 1 aromatic heterocycles. The fourth-order valence-corrected chi connectivity index (χ4v) is 4.03. The lowest BCUT2D eigenvalue weighted by atomic mass is 10.0. The van der Waals surface area contributed by atoms with E-state index in [1.54, 1.807) is 17.4 Å². The summed E-state index contributed by atoms with van der Waals surface area (Å²) in [5.41, 5.74) is 0.655. The summed E-state index contributed by atoms with van der Waals surface area (Å²) in [6.45, 7) is 2.37. The van der Waals surface area contributed by atoms with Gasteiger partial charge in [0.2, 0.25) is 6.79 Å². The van der Waals surface area contributed by atoms with Gasteiger partial charge in [-0.25, -0.2) is 0 Å². The Bertz CT molecular complexity index is 725. The highest BCUT2D eigenvalue weighted by Gasteiger charge is 2.27. The van der Waals surface area contributed by atoms with E-state index in [0.29, 0.717) is 30.3 Å². The third kappa shape index (κ3) is 3.65. The number of hydrogen-bond donors (Lipinski definition) is 0. The number of thiophene rings is 1. The zero-order valence-corrected chi connectivity index (χ0v) is 14.8. The number of rotatable bonds is 5. The van der Waals surface area contributed by atoms with Gasteiger partial charge in [0.1, 0.15) is 0 Å². The normalized spacial score (nSPS) is 16.8. The average Bonchev–Trinajstić information content (AvgIpc) is 3.33. The predicted octanol–water partition coefficient (Wildman–Crippen LogP) is 3.34. The molecule has 6 heteroatoms. The fourth-order valence-electron chi connectivity index (χ4n) is 3.33. The molecule has 1 saturated heterocycles. The van der Waals surface area contributed by atoms with Crippen LogP contribution in [0.25, 0.3) is 0 Å². The van der Waals surface area contributed by atoms with Crippen LogP contribution < -0.4 is 9.47 Å². The monoisotopic (exact) mass is 359 g/mol. The Morgan fingerprint density at radius 1 is 1.16 bits per heavy atom. The van der Waals surface area contributed by atoms with Crippen LogP contribution in [-0.4, -0.2) is 43.4 Å². The van der Waals surface area contributed by atoms with Crippen LogP contribution >= 0.6 is 11.3 Å². The molecule has 3 heterocycles. The molecule has 0 aliphatic carbocycles. The molecular weight excluding hydrogens is 338 g/mol. The first-order chi connectivity index (χ1) is 12.3. The molecule has 0 atom stereocenters. The van der Waals surface area contributed by atoms with Crippen molar-refractivity contribution in [2.45, 2.75) is 25.3 Å². The molecule has 2 aliphatic heterocycles. The van der Waals surface area contributed by atoms with E-state index < -0.39 is 0 Å². The van der Waals surface area contributed by atoms with Gasteiger partial charge in [0, 0.05) is 36.2 Å². The number of amides is 1. The van der Waals surface area contributed by atoms with Crippen LogP contribution in [0.4, 0.5) is 0 Å². The second-order valence-corrected chi connectivity index (χ2v) is 7.27. The summed E-state index contributed by atoms with van der Waals surface area (Å²) in [6.07, 6.45) is 2.66. The van der Waals surface area contributed by atoms with Crippen molar-refractivity contribution in [1.29, 1.82) is 0 Å². The van der Waals surface area contributed by atoms with E-state index in [1.165, 1.54) is 4.88 Å². The first-order valence-corrected chi connectivity index (χ1v) is 9.50. The topological polar surface area (TPSA) is 48.0 Å². The number of nitrogens with zero attached hydrogens (tertiary/aromatic N) is 1. The van der Waals surface area contributed by atoms with Crippen molar-refractivity contribution in [2.75, 3.05) is 26.6 Å². The molecule has 0 saturated carbocycles. The standard InChI is InChI=1S/C19H21NO4S/c21-19(14-3-4-17-18(12-14)24-13-23-17)20(15-6-9-22-10-7-15)8-5-16-2-1-11-25-16/h1-4,11-12,15H,5-10,13H2. The lowest BCUT2D eigenvalue weighted by Gasteiger charge is -2.34. The minimum absolute atomic E-state index is 0.0572.